The van der Waals surface area contributed by atoms with Crippen LogP contribution in [-0.2, 0) is 17.1 Å². The molecule has 0 amide bonds. The van der Waals surface area contributed by atoms with Crippen LogP contribution in [0.4, 0.5) is 0 Å². The molecule has 0 aliphatic rings. The summed E-state index contributed by atoms with van der Waals surface area (Å²) in [5.74, 6) is 0. The molecule has 0 atom stereocenters. The maximum Gasteiger partial charge on any atom is 2.00 e. The number of hydrogen-bond donors (Lipinski definition) is 0. The van der Waals surface area contributed by atoms with Crippen LogP contribution in [0, 0.1) is 18.8 Å². The molecule has 0 saturated heterocycles. The minimum Gasteiger partial charge on any atom is -0.512 e. The first kappa shape index (κ1) is 16.7. The number of rotatable bonds is 0. The Hall–Kier alpha value is 0.00948. The Kier molecular flexibility index (Phi) is 219. The molecule has 0 bridgehead atoms. The van der Waals surface area contributed by atoms with Crippen molar-refractivity contribution in [3.63, 3.8) is 0 Å². The summed E-state index contributed by atoms with van der Waals surface area (Å²) in [6, 6.07) is 0. The molecule has 0 spiro atoms. The second-order valence-corrected chi connectivity index (χ2v) is 0.500. The third-order valence-electron chi connectivity index (χ3n) is 0. The van der Waals surface area contributed by atoms with Gasteiger partial charge in [0.2, 0.25) is 0 Å². The predicted molar refractivity (Wildman–Crippen MR) is 20.6 cm³/mol. The van der Waals surface area contributed by atoms with E-state index >= 15 is 0 Å². The summed E-state index contributed by atoms with van der Waals surface area (Å²) in [5, 5.41) is 6.25. The molecule has 0 aliphatic carbocycles. The van der Waals surface area contributed by atoms with Crippen LogP contribution < -0.4 is 0 Å². The quantitative estimate of drug-likeness (QED) is 0.353. The van der Waals surface area contributed by atoms with Gasteiger partial charge in [-0.3, -0.25) is 0 Å². The fraction of sp³-hybridized carbons (Fsp3) is 0.500. The van der Waals surface area contributed by atoms with Gasteiger partial charge in [-0.1, -0.05) is 6.92 Å². The molecule has 0 aliphatic heterocycles. The summed E-state index contributed by atoms with van der Waals surface area (Å²) < 4.78 is 0. The summed E-state index contributed by atoms with van der Waals surface area (Å²) in [4.78, 5) is 0. The average molecular weight is 125 g/mol. The zero-order valence-corrected chi connectivity index (χ0v) is 4.82. The van der Waals surface area contributed by atoms with E-state index in [1.54, 1.807) is 0 Å². The van der Waals surface area contributed by atoms with E-state index in [0.29, 0.717) is 0 Å². The van der Waals surface area contributed by atoms with Crippen molar-refractivity contribution in [1.82, 2.24) is 0 Å². The SMILES string of the molecule is [C-]#N.[CH2-]CC.[Fe+2]. The van der Waals surface area contributed by atoms with Crippen molar-refractivity contribution in [2.45, 2.75) is 13.3 Å². The molecule has 0 radical (unpaired) electrons. The minimum absolute atomic E-state index is 0. The average Bonchev–Trinajstić information content (AvgIpc) is 1.46. The second-order valence-electron chi connectivity index (χ2n) is 0.500. The maximum atomic E-state index is 6.25. The molecule has 0 heterocycles. The van der Waals surface area contributed by atoms with Gasteiger partial charge in [0, 0.05) is 0 Å². The molecule has 0 fully saturated rings. The van der Waals surface area contributed by atoms with E-state index < -0.39 is 0 Å². The largest absolute Gasteiger partial charge is 2.00 e. The summed E-state index contributed by atoms with van der Waals surface area (Å²) in [5.41, 5.74) is 0. The summed E-state index contributed by atoms with van der Waals surface area (Å²) in [6.07, 6.45) is 1.00. The van der Waals surface area contributed by atoms with Crippen LogP contribution in [0.5, 0.6) is 0 Å². The van der Waals surface area contributed by atoms with Crippen molar-refractivity contribution in [1.29, 1.82) is 5.26 Å². The zero-order chi connectivity index (χ0) is 4.71. The number of hydrogen-bond acceptors (Lipinski definition) is 1. The first-order chi connectivity index (χ1) is 2.41. The Morgan fingerprint density at radius 1 is 1.67 bits per heavy atom. The molecule has 0 unspecified atom stereocenters. The van der Waals surface area contributed by atoms with Gasteiger partial charge in [0.25, 0.3) is 0 Å². The first-order valence-corrected chi connectivity index (χ1v) is 1.43. The van der Waals surface area contributed by atoms with Crippen molar-refractivity contribution in [3.05, 3.63) is 13.5 Å². The van der Waals surface area contributed by atoms with Gasteiger partial charge in [-0.25, -0.2) is 0 Å². The summed E-state index contributed by atoms with van der Waals surface area (Å²) in [6.45, 7) is 10.2. The van der Waals surface area contributed by atoms with Gasteiger partial charge in [-0.15, -0.1) is 0 Å². The molecule has 6 heavy (non-hydrogen) atoms. The number of nitrogens with zero attached hydrogens (tertiary/aromatic N) is 1. The van der Waals surface area contributed by atoms with Gasteiger partial charge in [-0.05, 0) is 0 Å². The third-order valence-corrected chi connectivity index (χ3v) is 0. The molecule has 36 valence electrons. The molecule has 0 aromatic carbocycles. The van der Waals surface area contributed by atoms with Crippen LogP contribution >= 0.6 is 0 Å². The van der Waals surface area contributed by atoms with E-state index in [4.69, 9.17) is 11.8 Å². The van der Waals surface area contributed by atoms with Crippen molar-refractivity contribution >= 4 is 0 Å². The van der Waals surface area contributed by atoms with Crippen LogP contribution in [0.15, 0.2) is 0 Å². The standard InChI is InChI=1S/C3H7.CN.Fe/c1-3-2;1-2;/h1,3H2,2H3;;/q2*-1;+2. The molecular weight excluding hydrogens is 118 g/mol. The Bertz CT molecular complexity index is 18.8. The minimum atomic E-state index is 0. The van der Waals surface area contributed by atoms with Crippen LogP contribution in [-0.4, -0.2) is 0 Å². The molecule has 1 nitrogen and oxygen atoms in total. The normalized spacial score (nSPS) is 3.33. The molecule has 2 heteroatoms. The zero-order valence-electron chi connectivity index (χ0n) is 3.71. The molecular formula is C4H7FeN. The van der Waals surface area contributed by atoms with E-state index in [1.807, 2.05) is 6.92 Å². The molecule has 0 aromatic rings. The molecule has 0 saturated carbocycles. The molecule has 0 rings (SSSR count). The van der Waals surface area contributed by atoms with E-state index in [9.17, 15) is 0 Å². The van der Waals surface area contributed by atoms with Gasteiger partial charge in [0.15, 0.2) is 0 Å². The second kappa shape index (κ2) is 79.0. The Morgan fingerprint density at radius 3 is 1.67 bits per heavy atom. The van der Waals surface area contributed by atoms with E-state index in [1.165, 1.54) is 0 Å². The molecule has 0 N–H and O–H groups in total. The Morgan fingerprint density at radius 2 is 1.67 bits per heavy atom. The van der Waals surface area contributed by atoms with Crippen LogP contribution in [0.1, 0.15) is 13.3 Å². The van der Waals surface area contributed by atoms with E-state index in [2.05, 4.69) is 6.92 Å². The van der Waals surface area contributed by atoms with Crippen molar-refractivity contribution in [2.75, 3.05) is 0 Å². The van der Waals surface area contributed by atoms with E-state index in [-0.39, 0.29) is 17.1 Å². The van der Waals surface area contributed by atoms with Gasteiger partial charge >= 0.3 is 17.1 Å². The van der Waals surface area contributed by atoms with Gasteiger partial charge in [0.05, 0.1) is 0 Å². The Balaban J connectivity index is -0.0000000275. The fourth-order valence-corrected chi connectivity index (χ4v) is 0. The smallest absolute Gasteiger partial charge is 0.512 e. The summed E-state index contributed by atoms with van der Waals surface area (Å²) >= 11 is 0. The van der Waals surface area contributed by atoms with Crippen molar-refractivity contribution in [3.8, 4) is 0 Å². The Labute approximate surface area is 49.8 Å². The van der Waals surface area contributed by atoms with Crippen molar-refractivity contribution in [2.24, 2.45) is 0 Å². The topological polar surface area (TPSA) is 23.8 Å². The van der Waals surface area contributed by atoms with Crippen molar-refractivity contribution < 1.29 is 17.1 Å². The monoisotopic (exact) mass is 125 g/mol. The third kappa shape index (κ3) is 404000. The molecule has 0 aromatic heterocycles. The predicted octanol–water partition coefficient (Wildman–Crippen LogP) is 1.32. The maximum absolute atomic E-state index is 6.25. The fourth-order valence-electron chi connectivity index (χ4n) is 0. The first-order valence-electron chi connectivity index (χ1n) is 1.43. The van der Waals surface area contributed by atoms with Gasteiger partial charge in [-0.2, -0.15) is 6.42 Å². The van der Waals surface area contributed by atoms with E-state index in [0.717, 1.165) is 6.42 Å². The van der Waals surface area contributed by atoms with Crippen LogP contribution in [0.3, 0.4) is 0 Å². The van der Waals surface area contributed by atoms with Crippen LogP contribution in [0.25, 0.3) is 0 Å². The van der Waals surface area contributed by atoms with Crippen LogP contribution in [0.2, 0.25) is 0 Å². The van der Waals surface area contributed by atoms with Gasteiger partial charge in [0.1, 0.15) is 0 Å². The van der Waals surface area contributed by atoms with Gasteiger partial charge < -0.3 is 18.8 Å². The summed E-state index contributed by atoms with van der Waals surface area (Å²) in [7, 11) is 0.